The minimum absolute atomic E-state index is 0.0965. The summed E-state index contributed by atoms with van der Waals surface area (Å²) in [5.41, 5.74) is 5.45. The van der Waals surface area contributed by atoms with Crippen LogP contribution in [0.15, 0.2) is 4.52 Å². The second-order valence-electron chi connectivity index (χ2n) is 4.29. The van der Waals surface area contributed by atoms with Gasteiger partial charge in [0, 0.05) is 6.26 Å². The van der Waals surface area contributed by atoms with E-state index in [1.807, 2.05) is 13.8 Å². The zero-order chi connectivity index (χ0) is 13.3. The van der Waals surface area contributed by atoms with Gasteiger partial charge in [0.05, 0.1) is 5.54 Å². The van der Waals surface area contributed by atoms with Gasteiger partial charge in [-0.25, -0.2) is 8.42 Å². The first-order valence-corrected chi connectivity index (χ1v) is 7.52. The Labute approximate surface area is 102 Å². The van der Waals surface area contributed by atoms with E-state index in [4.69, 9.17) is 10.3 Å². The predicted molar refractivity (Wildman–Crippen MR) is 64.0 cm³/mol. The van der Waals surface area contributed by atoms with Gasteiger partial charge in [0.1, 0.15) is 5.25 Å². The fourth-order valence-electron chi connectivity index (χ4n) is 1.35. The Morgan fingerprint density at radius 1 is 1.41 bits per heavy atom. The van der Waals surface area contributed by atoms with E-state index in [-0.39, 0.29) is 5.89 Å². The third kappa shape index (κ3) is 2.84. The molecule has 2 N–H and O–H groups in total. The molecule has 1 rings (SSSR count). The van der Waals surface area contributed by atoms with Crippen LogP contribution in [-0.2, 0) is 15.4 Å². The fourth-order valence-corrected chi connectivity index (χ4v) is 1.81. The molecule has 1 aromatic rings. The lowest BCUT2D eigenvalue weighted by molar-refractivity contribution is 0.335. The van der Waals surface area contributed by atoms with E-state index in [0.29, 0.717) is 18.7 Å². The SMILES string of the molecule is CCC(N)(CC)c1noc(C(C)S(C)(=O)=O)n1. The quantitative estimate of drug-likeness (QED) is 0.853. The molecule has 1 aromatic heterocycles. The molecule has 17 heavy (non-hydrogen) atoms. The van der Waals surface area contributed by atoms with Gasteiger partial charge in [-0.3, -0.25) is 0 Å². The molecule has 0 aliphatic heterocycles. The number of hydrogen-bond donors (Lipinski definition) is 1. The molecule has 0 saturated heterocycles. The van der Waals surface area contributed by atoms with Crippen LogP contribution in [-0.4, -0.2) is 24.8 Å². The summed E-state index contributed by atoms with van der Waals surface area (Å²) in [5.74, 6) is 0.465. The van der Waals surface area contributed by atoms with Crippen LogP contribution < -0.4 is 5.73 Å². The largest absolute Gasteiger partial charge is 0.338 e. The maximum absolute atomic E-state index is 11.4. The Kier molecular flexibility index (Phi) is 3.93. The molecule has 0 spiro atoms. The summed E-state index contributed by atoms with van der Waals surface area (Å²) in [6.07, 6.45) is 2.46. The van der Waals surface area contributed by atoms with Crippen molar-refractivity contribution in [3.8, 4) is 0 Å². The normalized spacial score (nSPS) is 14.9. The maximum Gasteiger partial charge on any atom is 0.244 e. The smallest absolute Gasteiger partial charge is 0.244 e. The van der Waals surface area contributed by atoms with E-state index < -0.39 is 20.6 Å². The molecule has 0 aliphatic rings. The van der Waals surface area contributed by atoms with Crippen LogP contribution in [0.2, 0.25) is 0 Å². The Hall–Kier alpha value is -0.950. The maximum atomic E-state index is 11.4. The van der Waals surface area contributed by atoms with Crippen LogP contribution in [0.1, 0.15) is 50.6 Å². The first-order valence-electron chi connectivity index (χ1n) is 5.56. The van der Waals surface area contributed by atoms with Crippen LogP contribution >= 0.6 is 0 Å². The van der Waals surface area contributed by atoms with Crippen LogP contribution in [0.3, 0.4) is 0 Å². The minimum atomic E-state index is -3.24. The molecule has 0 bridgehead atoms. The van der Waals surface area contributed by atoms with Gasteiger partial charge in [0.25, 0.3) is 0 Å². The molecular weight excluding hydrogens is 242 g/mol. The average molecular weight is 261 g/mol. The molecule has 0 aliphatic carbocycles. The number of sulfone groups is 1. The summed E-state index contributed by atoms with van der Waals surface area (Å²) in [6, 6.07) is 0. The molecule has 0 fully saturated rings. The van der Waals surface area contributed by atoms with Gasteiger partial charge in [0.2, 0.25) is 5.89 Å². The van der Waals surface area contributed by atoms with Crippen molar-refractivity contribution in [2.24, 2.45) is 5.73 Å². The van der Waals surface area contributed by atoms with Crippen molar-refractivity contribution < 1.29 is 12.9 Å². The third-order valence-electron chi connectivity index (χ3n) is 3.14. The molecular formula is C10H19N3O3S. The van der Waals surface area contributed by atoms with Crippen molar-refractivity contribution in [2.75, 3.05) is 6.26 Å². The molecule has 0 amide bonds. The average Bonchev–Trinajstić information content (AvgIpc) is 2.75. The summed E-state index contributed by atoms with van der Waals surface area (Å²) in [4.78, 5) is 4.11. The molecule has 7 heteroatoms. The lowest BCUT2D eigenvalue weighted by Crippen LogP contribution is -2.36. The Morgan fingerprint density at radius 3 is 2.35 bits per heavy atom. The number of nitrogens with two attached hydrogens (primary N) is 1. The first kappa shape index (κ1) is 14.1. The number of rotatable bonds is 5. The molecule has 1 atom stereocenters. The van der Waals surface area contributed by atoms with Gasteiger partial charge in [-0.05, 0) is 19.8 Å². The van der Waals surface area contributed by atoms with Gasteiger partial charge in [0.15, 0.2) is 15.7 Å². The molecule has 1 heterocycles. The lowest BCUT2D eigenvalue weighted by Gasteiger charge is -2.21. The monoisotopic (exact) mass is 261 g/mol. The standard InChI is InChI=1S/C10H19N3O3S/c1-5-10(11,6-2)9-12-8(16-13-9)7(3)17(4,14)15/h7H,5-6,11H2,1-4H3. The lowest BCUT2D eigenvalue weighted by atomic mass is 9.93. The van der Waals surface area contributed by atoms with Crippen LogP contribution in [0.5, 0.6) is 0 Å². The van der Waals surface area contributed by atoms with Crippen molar-refractivity contribution in [3.63, 3.8) is 0 Å². The Morgan fingerprint density at radius 2 is 1.94 bits per heavy atom. The number of nitrogens with zero attached hydrogens (tertiary/aromatic N) is 2. The zero-order valence-corrected chi connectivity index (χ0v) is 11.4. The molecule has 0 saturated carbocycles. The van der Waals surface area contributed by atoms with E-state index in [1.54, 1.807) is 0 Å². The third-order valence-corrected chi connectivity index (χ3v) is 4.62. The van der Waals surface area contributed by atoms with E-state index >= 15 is 0 Å². The second kappa shape index (κ2) is 4.73. The van der Waals surface area contributed by atoms with Gasteiger partial charge in [-0.15, -0.1) is 0 Å². The summed E-state index contributed by atoms with van der Waals surface area (Å²) >= 11 is 0. The second-order valence-corrected chi connectivity index (χ2v) is 6.66. The van der Waals surface area contributed by atoms with Crippen molar-refractivity contribution in [2.45, 2.75) is 44.4 Å². The highest BCUT2D eigenvalue weighted by Crippen LogP contribution is 2.26. The van der Waals surface area contributed by atoms with E-state index in [0.717, 1.165) is 6.26 Å². The van der Waals surface area contributed by atoms with Crippen LogP contribution in [0.25, 0.3) is 0 Å². The van der Waals surface area contributed by atoms with Crippen molar-refractivity contribution in [1.82, 2.24) is 10.1 Å². The van der Waals surface area contributed by atoms with Gasteiger partial charge >= 0.3 is 0 Å². The zero-order valence-electron chi connectivity index (χ0n) is 10.6. The molecule has 1 unspecified atom stereocenters. The summed E-state index contributed by atoms with van der Waals surface area (Å²) in [7, 11) is -3.24. The molecule has 0 aromatic carbocycles. The Bertz CT molecular complexity index is 477. The van der Waals surface area contributed by atoms with Gasteiger partial charge < -0.3 is 10.3 Å². The molecule has 98 valence electrons. The summed E-state index contributed by atoms with van der Waals surface area (Å²) in [6.45, 7) is 5.38. The summed E-state index contributed by atoms with van der Waals surface area (Å²) < 4.78 is 27.7. The van der Waals surface area contributed by atoms with Gasteiger partial charge in [-0.2, -0.15) is 4.98 Å². The Balaban J connectivity index is 3.08. The first-order chi connectivity index (χ1) is 7.74. The van der Waals surface area contributed by atoms with Crippen molar-refractivity contribution in [1.29, 1.82) is 0 Å². The van der Waals surface area contributed by atoms with Crippen molar-refractivity contribution in [3.05, 3.63) is 11.7 Å². The van der Waals surface area contributed by atoms with E-state index in [2.05, 4.69) is 10.1 Å². The van der Waals surface area contributed by atoms with Crippen LogP contribution in [0.4, 0.5) is 0 Å². The highest BCUT2D eigenvalue weighted by molar-refractivity contribution is 7.90. The highest BCUT2D eigenvalue weighted by Gasteiger charge is 2.31. The number of hydrogen-bond acceptors (Lipinski definition) is 6. The molecule has 6 nitrogen and oxygen atoms in total. The topological polar surface area (TPSA) is 99.1 Å². The minimum Gasteiger partial charge on any atom is -0.338 e. The van der Waals surface area contributed by atoms with Crippen molar-refractivity contribution >= 4 is 9.84 Å². The number of aromatic nitrogens is 2. The fraction of sp³-hybridized carbons (Fsp3) is 0.800. The molecule has 0 radical (unpaired) electrons. The summed E-state index contributed by atoms with van der Waals surface area (Å²) in [5, 5.41) is 2.99. The predicted octanol–water partition coefficient (Wildman–Crippen LogP) is 1.15. The highest BCUT2D eigenvalue weighted by atomic mass is 32.2. The van der Waals surface area contributed by atoms with E-state index in [9.17, 15) is 8.42 Å². The van der Waals surface area contributed by atoms with Gasteiger partial charge in [-0.1, -0.05) is 19.0 Å². The van der Waals surface area contributed by atoms with Crippen LogP contribution in [0, 0.1) is 0 Å². The van der Waals surface area contributed by atoms with E-state index in [1.165, 1.54) is 6.92 Å².